The van der Waals surface area contributed by atoms with Crippen LogP contribution in [0.2, 0.25) is 0 Å². The van der Waals surface area contributed by atoms with Crippen LogP contribution in [-0.2, 0) is 11.3 Å². The quantitative estimate of drug-likeness (QED) is 0.204. The van der Waals surface area contributed by atoms with Crippen molar-refractivity contribution in [2.75, 3.05) is 5.75 Å². The molecule has 3 heterocycles. The maximum absolute atomic E-state index is 13.3. The molecular weight excluding hydrogens is 465 g/mol. The van der Waals surface area contributed by atoms with Crippen LogP contribution in [0.1, 0.15) is 18.5 Å². The van der Waals surface area contributed by atoms with Gasteiger partial charge in [0.15, 0.2) is 5.16 Å². The molecule has 1 N–H and O–H groups in total. The fourth-order valence-electron chi connectivity index (χ4n) is 3.27. The second kappa shape index (κ2) is 9.81. The van der Waals surface area contributed by atoms with Crippen molar-refractivity contribution in [1.82, 2.24) is 14.9 Å². The van der Waals surface area contributed by atoms with Gasteiger partial charge >= 0.3 is 0 Å². The molecule has 1 atom stereocenters. The van der Waals surface area contributed by atoms with E-state index in [-0.39, 0.29) is 29.1 Å². The Balaban J connectivity index is 1.55. The van der Waals surface area contributed by atoms with Crippen LogP contribution in [0.15, 0.2) is 69.8 Å². The Bertz CT molecular complexity index is 1310. The summed E-state index contributed by atoms with van der Waals surface area (Å²) in [4.78, 5) is 32.2. The molecule has 4 aromatic rings. The summed E-state index contributed by atoms with van der Waals surface area (Å²) in [5.74, 6) is -0.416. The van der Waals surface area contributed by atoms with Crippen LogP contribution in [0.5, 0.6) is 0 Å². The first-order valence-corrected chi connectivity index (χ1v) is 12.6. The molecular formula is C23H20FN3O2S3. The molecule has 0 saturated carbocycles. The molecule has 32 heavy (non-hydrogen) atoms. The summed E-state index contributed by atoms with van der Waals surface area (Å²) < 4.78 is 14.7. The second-order valence-corrected chi connectivity index (χ2v) is 9.78. The topological polar surface area (TPSA) is 64.0 Å². The van der Waals surface area contributed by atoms with Gasteiger partial charge in [0.1, 0.15) is 10.6 Å². The van der Waals surface area contributed by atoms with Gasteiger partial charge in [0.05, 0.1) is 17.2 Å². The minimum atomic E-state index is -0.319. The zero-order valence-electron chi connectivity index (χ0n) is 17.2. The number of carbonyl (C=O) groups is 1. The molecule has 1 aromatic carbocycles. The number of hydrogen-bond donors (Lipinski definition) is 1. The summed E-state index contributed by atoms with van der Waals surface area (Å²) >= 11 is 4.21. The Labute approximate surface area is 196 Å². The first-order chi connectivity index (χ1) is 15.5. The Hall–Kier alpha value is -2.75. The molecule has 164 valence electrons. The number of amides is 1. The third-order valence-electron chi connectivity index (χ3n) is 4.84. The summed E-state index contributed by atoms with van der Waals surface area (Å²) in [6.45, 7) is 5.90. The number of nitrogens with one attached hydrogen (secondary N) is 1. The van der Waals surface area contributed by atoms with E-state index in [0.717, 1.165) is 16.0 Å². The first-order valence-electron chi connectivity index (χ1n) is 9.82. The van der Waals surface area contributed by atoms with E-state index in [1.807, 2.05) is 29.8 Å². The molecule has 1 amide bonds. The highest BCUT2D eigenvalue weighted by atomic mass is 32.2. The summed E-state index contributed by atoms with van der Waals surface area (Å²) in [6, 6.07) is 9.70. The molecule has 3 aromatic heterocycles. The van der Waals surface area contributed by atoms with Crippen LogP contribution in [-0.4, -0.2) is 21.2 Å². The number of aromatic nitrogens is 2. The van der Waals surface area contributed by atoms with E-state index in [0.29, 0.717) is 21.9 Å². The lowest BCUT2D eigenvalue weighted by Crippen LogP contribution is -2.29. The van der Waals surface area contributed by atoms with E-state index in [9.17, 15) is 14.0 Å². The zero-order valence-corrected chi connectivity index (χ0v) is 19.7. The molecule has 9 heteroatoms. The van der Waals surface area contributed by atoms with Gasteiger partial charge in [0.25, 0.3) is 5.56 Å². The molecule has 0 aliphatic rings. The standard InChI is InChI=1S/C23H20FN3O2S3/c1-3-10-27-22(29)20-17(18-5-4-11-30-18)12-31-21(20)26-23(27)32-13-19(28)25-14(2)15-6-8-16(24)9-7-15/h3-9,11-12,14H,1,10,13H2,2H3,(H,25,28). The Kier molecular flexibility index (Phi) is 6.88. The number of thiophene rings is 2. The predicted octanol–water partition coefficient (Wildman–Crippen LogP) is 5.48. The van der Waals surface area contributed by atoms with Gasteiger partial charge in [-0.3, -0.25) is 14.2 Å². The number of hydrogen-bond acceptors (Lipinski definition) is 6. The molecule has 0 bridgehead atoms. The van der Waals surface area contributed by atoms with Gasteiger partial charge < -0.3 is 5.32 Å². The first kappa shape index (κ1) is 22.4. The van der Waals surface area contributed by atoms with Gasteiger partial charge in [-0.2, -0.15) is 0 Å². The van der Waals surface area contributed by atoms with Crippen molar-refractivity contribution < 1.29 is 9.18 Å². The predicted molar refractivity (Wildman–Crippen MR) is 131 cm³/mol. The molecule has 4 rings (SSSR count). The average Bonchev–Trinajstić information content (AvgIpc) is 3.44. The summed E-state index contributed by atoms with van der Waals surface area (Å²) in [5.41, 5.74) is 1.56. The van der Waals surface area contributed by atoms with Gasteiger partial charge in [-0.1, -0.05) is 36.0 Å². The average molecular weight is 486 g/mol. The SMILES string of the molecule is C=CCn1c(SCC(=O)NC(C)c2ccc(F)cc2)nc2scc(-c3cccs3)c2c1=O. The molecule has 0 aliphatic heterocycles. The summed E-state index contributed by atoms with van der Waals surface area (Å²) in [5, 5.41) is 7.90. The number of allylic oxidation sites excluding steroid dienone is 1. The van der Waals surface area contributed by atoms with Crippen LogP contribution < -0.4 is 10.9 Å². The number of rotatable bonds is 8. The van der Waals surface area contributed by atoms with Gasteiger partial charge in [-0.05, 0) is 36.1 Å². The fraction of sp³-hybridized carbons (Fsp3) is 0.174. The van der Waals surface area contributed by atoms with Crippen LogP contribution in [0.3, 0.4) is 0 Å². The third kappa shape index (κ3) is 4.69. The maximum Gasteiger partial charge on any atom is 0.263 e. The van der Waals surface area contributed by atoms with Gasteiger partial charge in [-0.15, -0.1) is 29.3 Å². The van der Waals surface area contributed by atoms with Crippen molar-refractivity contribution in [2.45, 2.75) is 24.7 Å². The number of carbonyl (C=O) groups excluding carboxylic acids is 1. The molecule has 5 nitrogen and oxygen atoms in total. The number of halogens is 1. The molecule has 0 aliphatic carbocycles. The van der Waals surface area contributed by atoms with E-state index in [4.69, 9.17) is 0 Å². The van der Waals surface area contributed by atoms with Crippen molar-refractivity contribution in [3.8, 4) is 10.4 Å². The minimum Gasteiger partial charge on any atom is -0.349 e. The summed E-state index contributed by atoms with van der Waals surface area (Å²) in [6.07, 6.45) is 1.65. The highest BCUT2D eigenvalue weighted by Gasteiger charge is 2.18. The normalized spacial score (nSPS) is 12.1. The number of benzene rings is 1. The van der Waals surface area contributed by atoms with Crippen LogP contribution in [0.25, 0.3) is 20.7 Å². The highest BCUT2D eigenvalue weighted by molar-refractivity contribution is 7.99. The lowest BCUT2D eigenvalue weighted by atomic mass is 10.1. The Morgan fingerprint density at radius 3 is 2.78 bits per heavy atom. The minimum absolute atomic E-state index is 0.101. The van der Waals surface area contributed by atoms with Gasteiger partial charge in [-0.25, -0.2) is 9.37 Å². The second-order valence-electron chi connectivity index (χ2n) is 7.04. The maximum atomic E-state index is 13.3. The van der Waals surface area contributed by atoms with Crippen molar-refractivity contribution in [3.05, 3.63) is 81.5 Å². The highest BCUT2D eigenvalue weighted by Crippen LogP contribution is 2.34. The molecule has 0 radical (unpaired) electrons. The van der Waals surface area contributed by atoms with E-state index in [1.54, 1.807) is 34.1 Å². The number of nitrogens with zero attached hydrogens (tertiary/aromatic N) is 2. The number of thioether (sulfide) groups is 1. The fourth-order valence-corrected chi connectivity index (χ4v) is 5.89. The molecule has 0 saturated heterocycles. The smallest absolute Gasteiger partial charge is 0.263 e. The third-order valence-corrected chi connectivity index (χ3v) is 7.59. The van der Waals surface area contributed by atoms with Crippen molar-refractivity contribution in [2.24, 2.45) is 0 Å². The van der Waals surface area contributed by atoms with Crippen molar-refractivity contribution in [1.29, 1.82) is 0 Å². The van der Waals surface area contributed by atoms with Crippen molar-refractivity contribution in [3.63, 3.8) is 0 Å². The monoisotopic (exact) mass is 485 g/mol. The zero-order chi connectivity index (χ0) is 22.7. The Morgan fingerprint density at radius 2 is 2.09 bits per heavy atom. The Morgan fingerprint density at radius 1 is 1.31 bits per heavy atom. The van der Waals surface area contributed by atoms with Crippen LogP contribution in [0, 0.1) is 5.82 Å². The lowest BCUT2D eigenvalue weighted by Gasteiger charge is -2.15. The van der Waals surface area contributed by atoms with Crippen molar-refractivity contribution >= 4 is 50.6 Å². The van der Waals surface area contributed by atoms with E-state index < -0.39 is 0 Å². The molecule has 1 unspecified atom stereocenters. The van der Waals surface area contributed by atoms with Crippen LogP contribution >= 0.6 is 34.4 Å². The summed E-state index contributed by atoms with van der Waals surface area (Å²) in [7, 11) is 0. The van der Waals surface area contributed by atoms with Gasteiger partial charge in [0.2, 0.25) is 5.91 Å². The molecule has 0 spiro atoms. The van der Waals surface area contributed by atoms with Crippen LogP contribution in [0.4, 0.5) is 4.39 Å². The van der Waals surface area contributed by atoms with Gasteiger partial charge in [0, 0.05) is 22.4 Å². The van der Waals surface area contributed by atoms with E-state index >= 15 is 0 Å². The molecule has 0 fully saturated rings. The number of fused-ring (bicyclic) bond motifs is 1. The lowest BCUT2D eigenvalue weighted by molar-refractivity contribution is -0.119. The van der Waals surface area contributed by atoms with E-state index in [2.05, 4.69) is 16.9 Å². The van der Waals surface area contributed by atoms with E-state index in [1.165, 1.54) is 35.2 Å². The largest absolute Gasteiger partial charge is 0.349 e.